The van der Waals surface area contributed by atoms with Gasteiger partial charge in [0.25, 0.3) is 0 Å². The van der Waals surface area contributed by atoms with Gasteiger partial charge in [-0.05, 0) is 57.9 Å². The van der Waals surface area contributed by atoms with Crippen LogP contribution < -0.4 is 10.1 Å². The first kappa shape index (κ1) is 22.5. The summed E-state index contributed by atoms with van der Waals surface area (Å²) in [5, 5.41) is 2.98. The molecule has 0 aliphatic heterocycles. The van der Waals surface area contributed by atoms with Crippen LogP contribution in [0.3, 0.4) is 0 Å². The Morgan fingerprint density at radius 1 is 1.07 bits per heavy atom. The topological polar surface area (TPSA) is 58.6 Å². The third-order valence-corrected chi connectivity index (χ3v) is 4.63. The molecule has 0 unspecified atom stereocenters. The third kappa shape index (κ3) is 6.93. The summed E-state index contributed by atoms with van der Waals surface area (Å²) < 4.78 is 5.29. The van der Waals surface area contributed by atoms with E-state index in [9.17, 15) is 9.59 Å². The molecule has 5 heteroatoms. The van der Waals surface area contributed by atoms with Gasteiger partial charge in [-0.2, -0.15) is 0 Å². The number of methoxy groups -OCH3 is 1. The van der Waals surface area contributed by atoms with Crippen molar-refractivity contribution in [2.75, 3.05) is 7.11 Å². The first-order chi connectivity index (χ1) is 13.6. The van der Waals surface area contributed by atoms with Gasteiger partial charge in [-0.1, -0.05) is 42.0 Å². The molecule has 0 heterocycles. The largest absolute Gasteiger partial charge is 0.497 e. The Balaban J connectivity index is 2.26. The van der Waals surface area contributed by atoms with E-state index in [0.29, 0.717) is 6.54 Å². The number of ether oxygens (including phenoxy) is 1. The minimum Gasteiger partial charge on any atom is -0.497 e. The minimum absolute atomic E-state index is 0.0896. The summed E-state index contributed by atoms with van der Waals surface area (Å²) in [6, 6.07) is 14.9. The van der Waals surface area contributed by atoms with Crippen molar-refractivity contribution >= 4 is 11.8 Å². The summed E-state index contributed by atoms with van der Waals surface area (Å²) >= 11 is 0. The zero-order valence-electron chi connectivity index (χ0n) is 18.3. The molecule has 0 aliphatic carbocycles. The third-order valence-electron chi connectivity index (χ3n) is 4.63. The van der Waals surface area contributed by atoms with Crippen molar-refractivity contribution in [3.8, 4) is 5.75 Å². The van der Waals surface area contributed by atoms with Crippen LogP contribution in [0.15, 0.2) is 48.5 Å². The first-order valence-corrected chi connectivity index (χ1v) is 9.89. The van der Waals surface area contributed by atoms with E-state index in [1.54, 1.807) is 18.9 Å². The van der Waals surface area contributed by atoms with Gasteiger partial charge < -0.3 is 15.0 Å². The van der Waals surface area contributed by atoms with E-state index in [2.05, 4.69) is 5.32 Å². The van der Waals surface area contributed by atoms with Gasteiger partial charge in [0.2, 0.25) is 11.8 Å². The summed E-state index contributed by atoms with van der Waals surface area (Å²) in [7, 11) is 1.61. The number of hydrogen-bond acceptors (Lipinski definition) is 3. The van der Waals surface area contributed by atoms with Crippen LogP contribution in [0, 0.1) is 6.92 Å². The highest BCUT2D eigenvalue weighted by Gasteiger charge is 2.28. The molecule has 1 N–H and O–H groups in total. The average Bonchev–Trinajstić information content (AvgIpc) is 2.66. The second kappa shape index (κ2) is 9.59. The smallest absolute Gasteiger partial charge is 0.242 e. The predicted molar refractivity (Wildman–Crippen MR) is 116 cm³/mol. The summed E-state index contributed by atoms with van der Waals surface area (Å²) in [5.41, 5.74) is 2.62. The maximum atomic E-state index is 13.2. The Bertz CT molecular complexity index is 838. The molecule has 0 radical (unpaired) electrons. The van der Waals surface area contributed by atoms with Crippen molar-refractivity contribution < 1.29 is 14.3 Å². The van der Waals surface area contributed by atoms with Crippen molar-refractivity contribution in [1.29, 1.82) is 0 Å². The second-order valence-electron chi connectivity index (χ2n) is 8.45. The minimum atomic E-state index is -0.599. The molecule has 2 rings (SSSR count). The van der Waals surface area contributed by atoms with Gasteiger partial charge in [-0.15, -0.1) is 0 Å². The van der Waals surface area contributed by atoms with E-state index >= 15 is 0 Å². The number of nitrogens with zero attached hydrogens (tertiary/aromatic N) is 1. The van der Waals surface area contributed by atoms with Crippen molar-refractivity contribution in [1.82, 2.24) is 10.2 Å². The van der Waals surface area contributed by atoms with Gasteiger partial charge in [-0.25, -0.2) is 0 Å². The van der Waals surface area contributed by atoms with Crippen molar-refractivity contribution in [3.05, 3.63) is 65.2 Å². The highest BCUT2D eigenvalue weighted by molar-refractivity contribution is 5.88. The standard InChI is InChI=1S/C24H32N2O3/c1-17-10-12-19(13-11-17)15-22(27)26(18(2)23(28)25-24(3,4)5)16-20-8-7-9-21(14-20)29-6/h7-14,18H,15-16H2,1-6H3,(H,25,28)/t18-/m0/s1. The van der Waals surface area contributed by atoms with Gasteiger partial charge in [0.05, 0.1) is 13.5 Å². The first-order valence-electron chi connectivity index (χ1n) is 9.89. The molecule has 0 saturated carbocycles. The number of amides is 2. The SMILES string of the molecule is COc1cccc(CN(C(=O)Cc2ccc(C)cc2)[C@@H](C)C(=O)NC(C)(C)C)c1. The fourth-order valence-electron chi connectivity index (χ4n) is 3.01. The number of aryl methyl sites for hydroxylation is 1. The molecule has 0 aromatic heterocycles. The summed E-state index contributed by atoms with van der Waals surface area (Å²) in [5.74, 6) is 0.464. The van der Waals surface area contributed by atoms with Gasteiger partial charge in [0, 0.05) is 12.1 Å². The molecular weight excluding hydrogens is 364 g/mol. The number of benzene rings is 2. The molecule has 0 fully saturated rings. The summed E-state index contributed by atoms with van der Waals surface area (Å²) in [4.78, 5) is 27.6. The van der Waals surface area contributed by atoms with Gasteiger partial charge in [0.1, 0.15) is 11.8 Å². The Morgan fingerprint density at radius 2 is 1.72 bits per heavy atom. The zero-order valence-corrected chi connectivity index (χ0v) is 18.3. The molecule has 5 nitrogen and oxygen atoms in total. The molecule has 1 atom stereocenters. The Hall–Kier alpha value is -2.82. The van der Waals surface area contributed by atoms with Crippen LogP contribution in [0.1, 0.15) is 44.4 Å². The van der Waals surface area contributed by atoms with Crippen LogP contribution in [0.2, 0.25) is 0 Å². The Kier molecular flexibility index (Phi) is 7.43. The number of rotatable bonds is 7. The molecule has 0 saturated heterocycles. The van der Waals surface area contributed by atoms with Crippen LogP contribution in [-0.4, -0.2) is 35.4 Å². The molecule has 0 spiro atoms. The summed E-state index contributed by atoms with van der Waals surface area (Å²) in [6.07, 6.45) is 0.247. The van der Waals surface area contributed by atoms with E-state index in [0.717, 1.165) is 22.4 Å². The van der Waals surface area contributed by atoms with Gasteiger partial charge in [-0.3, -0.25) is 9.59 Å². The lowest BCUT2D eigenvalue weighted by atomic mass is 10.1. The fourth-order valence-corrected chi connectivity index (χ4v) is 3.01. The zero-order chi connectivity index (χ0) is 21.6. The van der Waals surface area contributed by atoms with Crippen molar-refractivity contribution in [2.24, 2.45) is 0 Å². The van der Waals surface area contributed by atoms with E-state index in [4.69, 9.17) is 4.74 Å². The van der Waals surface area contributed by atoms with Crippen LogP contribution in [0.25, 0.3) is 0 Å². The quantitative estimate of drug-likeness (QED) is 0.773. The van der Waals surface area contributed by atoms with E-state index in [-0.39, 0.29) is 23.8 Å². The normalized spacial score (nSPS) is 12.2. The lowest BCUT2D eigenvalue weighted by Gasteiger charge is -2.31. The maximum absolute atomic E-state index is 13.2. The fraction of sp³-hybridized carbons (Fsp3) is 0.417. The molecule has 156 valence electrons. The number of carbonyl (C=O) groups is 2. The monoisotopic (exact) mass is 396 g/mol. The maximum Gasteiger partial charge on any atom is 0.242 e. The molecule has 2 amide bonds. The Labute approximate surface area is 174 Å². The highest BCUT2D eigenvalue weighted by Crippen LogP contribution is 2.18. The summed E-state index contributed by atoms with van der Waals surface area (Å²) in [6.45, 7) is 9.91. The lowest BCUT2D eigenvalue weighted by Crippen LogP contribution is -2.52. The van der Waals surface area contributed by atoms with E-state index in [1.165, 1.54) is 0 Å². The van der Waals surface area contributed by atoms with E-state index in [1.807, 2.05) is 76.2 Å². The Morgan fingerprint density at radius 3 is 2.31 bits per heavy atom. The molecule has 2 aromatic rings. The van der Waals surface area contributed by atoms with Gasteiger partial charge >= 0.3 is 0 Å². The molecule has 29 heavy (non-hydrogen) atoms. The van der Waals surface area contributed by atoms with Crippen molar-refractivity contribution in [3.63, 3.8) is 0 Å². The molecule has 2 aromatic carbocycles. The molecule has 0 bridgehead atoms. The number of carbonyl (C=O) groups excluding carboxylic acids is 2. The second-order valence-corrected chi connectivity index (χ2v) is 8.45. The van der Waals surface area contributed by atoms with Crippen LogP contribution in [0.4, 0.5) is 0 Å². The molecule has 0 aliphatic rings. The molecular formula is C24H32N2O3. The van der Waals surface area contributed by atoms with Crippen LogP contribution in [0.5, 0.6) is 5.75 Å². The van der Waals surface area contributed by atoms with Gasteiger partial charge in [0.15, 0.2) is 0 Å². The predicted octanol–water partition coefficient (Wildman–Crippen LogP) is 3.88. The van der Waals surface area contributed by atoms with E-state index < -0.39 is 6.04 Å². The number of hydrogen-bond donors (Lipinski definition) is 1. The lowest BCUT2D eigenvalue weighted by molar-refractivity contribution is -0.140. The van der Waals surface area contributed by atoms with Crippen molar-refractivity contribution in [2.45, 2.75) is 59.2 Å². The van der Waals surface area contributed by atoms with Crippen LogP contribution >= 0.6 is 0 Å². The number of nitrogens with one attached hydrogen (secondary N) is 1. The van der Waals surface area contributed by atoms with Crippen LogP contribution in [-0.2, 0) is 22.6 Å². The average molecular weight is 397 g/mol. The highest BCUT2D eigenvalue weighted by atomic mass is 16.5.